The Morgan fingerprint density at radius 2 is 2.06 bits per heavy atom. The number of carbonyl (C=O) groups is 1. The van der Waals surface area contributed by atoms with Gasteiger partial charge in [0.25, 0.3) is 5.91 Å². The molecule has 31 heavy (non-hydrogen) atoms. The van der Waals surface area contributed by atoms with E-state index >= 15 is 0 Å². The summed E-state index contributed by atoms with van der Waals surface area (Å²) >= 11 is 7.81. The monoisotopic (exact) mass is 452 g/mol. The Morgan fingerprint density at radius 3 is 2.87 bits per heavy atom. The van der Waals surface area contributed by atoms with Crippen molar-refractivity contribution in [3.63, 3.8) is 0 Å². The molecule has 0 unspecified atom stereocenters. The maximum atomic E-state index is 13.9. The third kappa shape index (κ3) is 3.69. The largest absolute Gasteiger partial charge is 0.304 e. The van der Waals surface area contributed by atoms with Gasteiger partial charge in [-0.25, -0.2) is 13.9 Å². The molecule has 5 rings (SSSR count). The summed E-state index contributed by atoms with van der Waals surface area (Å²) in [5, 5.41) is 13.5. The van der Waals surface area contributed by atoms with Crippen molar-refractivity contribution in [2.24, 2.45) is 0 Å². The van der Waals surface area contributed by atoms with E-state index in [1.807, 2.05) is 23.6 Å². The summed E-state index contributed by atoms with van der Waals surface area (Å²) < 4.78 is 17.0. The number of hydrogen-bond donors (Lipinski definition) is 1. The van der Waals surface area contributed by atoms with Gasteiger partial charge in [0.2, 0.25) is 0 Å². The van der Waals surface area contributed by atoms with Crippen LogP contribution in [0, 0.1) is 5.82 Å². The first-order valence-electron chi connectivity index (χ1n) is 9.24. The molecule has 0 fully saturated rings. The predicted octanol–water partition coefficient (Wildman–Crippen LogP) is 4.75. The van der Waals surface area contributed by atoms with Crippen LogP contribution in [0.4, 0.5) is 10.2 Å². The number of hydrogen-bond acceptors (Lipinski definition) is 5. The molecular formula is C21H14ClFN6OS. The van der Waals surface area contributed by atoms with Gasteiger partial charge in [-0.2, -0.15) is 10.2 Å². The Kier molecular flexibility index (Phi) is 4.97. The van der Waals surface area contributed by atoms with Crippen LogP contribution in [0.3, 0.4) is 0 Å². The molecule has 5 aromatic rings. The van der Waals surface area contributed by atoms with Crippen LogP contribution in [-0.2, 0) is 6.54 Å². The average Bonchev–Trinajstić information content (AvgIpc) is 3.50. The van der Waals surface area contributed by atoms with Gasteiger partial charge >= 0.3 is 0 Å². The van der Waals surface area contributed by atoms with E-state index in [9.17, 15) is 9.18 Å². The number of fused-ring (bicyclic) bond motifs is 1. The first kappa shape index (κ1) is 19.4. The van der Waals surface area contributed by atoms with Gasteiger partial charge in [0.1, 0.15) is 16.4 Å². The third-order valence-electron chi connectivity index (χ3n) is 4.66. The van der Waals surface area contributed by atoms with E-state index in [0.29, 0.717) is 11.2 Å². The zero-order valence-electron chi connectivity index (χ0n) is 15.9. The van der Waals surface area contributed by atoms with Gasteiger partial charge in [0, 0.05) is 18.0 Å². The molecule has 0 radical (unpaired) electrons. The van der Waals surface area contributed by atoms with Gasteiger partial charge in [0.15, 0.2) is 11.5 Å². The highest BCUT2D eigenvalue weighted by Crippen LogP contribution is 2.26. The van der Waals surface area contributed by atoms with E-state index in [2.05, 4.69) is 20.5 Å². The van der Waals surface area contributed by atoms with Gasteiger partial charge in [-0.15, -0.1) is 11.3 Å². The van der Waals surface area contributed by atoms with Gasteiger partial charge in [-0.3, -0.25) is 9.48 Å². The summed E-state index contributed by atoms with van der Waals surface area (Å²) in [5.41, 5.74) is 2.02. The number of halogens is 2. The Hall–Kier alpha value is -3.56. The minimum absolute atomic E-state index is 0.178. The van der Waals surface area contributed by atoms with Crippen molar-refractivity contribution in [1.29, 1.82) is 0 Å². The second-order valence-electron chi connectivity index (χ2n) is 6.67. The van der Waals surface area contributed by atoms with Crippen molar-refractivity contribution in [3.8, 4) is 10.6 Å². The topological polar surface area (TPSA) is 77.1 Å². The standard InChI is InChI=1S/C21H14ClFN6OS/c22-15-12-28(11-13-4-1-2-5-16(13)23)27-19(15)26-21(30)14-10-25-29-17(7-8-24-20(14)29)18-6-3-9-31-18/h1-10,12H,11H2,(H,26,27,30). The van der Waals surface area contributed by atoms with Crippen molar-refractivity contribution < 1.29 is 9.18 Å². The van der Waals surface area contributed by atoms with E-state index in [0.717, 1.165) is 10.6 Å². The van der Waals surface area contributed by atoms with Crippen LogP contribution in [0.1, 0.15) is 15.9 Å². The number of carbonyl (C=O) groups excluding carboxylic acids is 1. The van der Waals surface area contributed by atoms with Crippen molar-refractivity contribution in [1.82, 2.24) is 24.4 Å². The molecule has 0 saturated heterocycles. The maximum absolute atomic E-state index is 13.9. The van der Waals surface area contributed by atoms with Crippen LogP contribution in [-0.4, -0.2) is 30.3 Å². The first-order chi connectivity index (χ1) is 15.1. The quantitative estimate of drug-likeness (QED) is 0.417. The fourth-order valence-corrected chi connectivity index (χ4v) is 4.14. The lowest BCUT2D eigenvalue weighted by Crippen LogP contribution is -2.13. The highest BCUT2D eigenvalue weighted by Gasteiger charge is 2.19. The molecule has 4 aromatic heterocycles. The smallest absolute Gasteiger partial charge is 0.262 e. The third-order valence-corrected chi connectivity index (χ3v) is 5.83. The van der Waals surface area contributed by atoms with Gasteiger partial charge in [-0.1, -0.05) is 35.9 Å². The molecule has 154 valence electrons. The molecule has 0 bridgehead atoms. The highest BCUT2D eigenvalue weighted by molar-refractivity contribution is 7.13. The number of benzene rings is 1. The molecular weight excluding hydrogens is 439 g/mol. The normalized spacial score (nSPS) is 11.2. The second-order valence-corrected chi connectivity index (χ2v) is 8.02. The summed E-state index contributed by atoms with van der Waals surface area (Å²) in [6, 6.07) is 12.2. The summed E-state index contributed by atoms with van der Waals surface area (Å²) in [6.45, 7) is 0.185. The lowest BCUT2D eigenvalue weighted by Gasteiger charge is -2.04. The molecule has 4 heterocycles. The molecule has 1 N–H and O–H groups in total. The number of aromatic nitrogens is 5. The molecule has 0 saturated carbocycles. The molecule has 1 amide bonds. The number of nitrogens with zero attached hydrogens (tertiary/aromatic N) is 5. The van der Waals surface area contributed by atoms with E-state index in [1.165, 1.54) is 23.1 Å². The van der Waals surface area contributed by atoms with E-state index < -0.39 is 5.91 Å². The minimum Gasteiger partial charge on any atom is -0.304 e. The van der Waals surface area contributed by atoms with Gasteiger partial charge in [-0.05, 0) is 23.6 Å². The summed E-state index contributed by atoms with van der Waals surface area (Å²) in [4.78, 5) is 18.2. The molecule has 0 atom stereocenters. The molecule has 0 spiro atoms. The molecule has 0 aliphatic carbocycles. The molecule has 1 aromatic carbocycles. The molecule has 7 nitrogen and oxygen atoms in total. The Morgan fingerprint density at radius 1 is 1.19 bits per heavy atom. The molecule has 0 aliphatic rings. The highest BCUT2D eigenvalue weighted by atomic mass is 35.5. The Balaban J connectivity index is 1.41. The number of anilines is 1. The fraction of sp³-hybridized carbons (Fsp3) is 0.0476. The molecule has 0 aliphatic heterocycles. The zero-order chi connectivity index (χ0) is 21.4. The zero-order valence-corrected chi connectivity index (χ0v) is 17.4. The maximum Gasteiger partial charge on any atom is 0.262 e. The first-order valence-corrected chi connectivity index (χ1v) is 10.5. The van der Waals surface area contributed by atoms with E-state index in [-0.39, 0.29) is 28.8 Å². The molecule has 10 heteroatoms. The number of amides is 1. The van der Waals surface area contributed by atoms with Crippen molar-refractivity contribution in [2.45, 2.75) is 6.54 Å². The number of nitrogens with one attached hydrogen (secondary N) is 1. The van der Waals surface area contributed by atoms with Crippen molar-refractivity contribution >= 4 is 40.3 Å². The predicted molar refractivity (Wildman–Crippen MR) is 117 cm³/mol. The Labute approximate surface area is 184 Å². The SMILES string of the molecule is O=C(Nc1nn(Cc2ccccc2F)cc1Cl)c1cnn2c(-c3cccs3)ccnc12. The van der Waals surface area contributed by atoms with Crippen molar-refractivity contribution in [3.05, 3.63) is 88.4 Å². The lowest BCUT2D eigenvalue weighted by molar-refractivity contribution is 0.102. The summed E-state index contributed by atoms with van der Waals surface area (Å²) in [5.74, 6) is -0.598. The lowest BCUT2D eigenvalue weighted by atomic mass is 10.2. The summed E-state index contributed by atoms with van der Waals surface area (Å²) in [7, 11) is 0. The van der Waals surface area contributed by atoms with E-state index in [4.69, 9.17) is 11.6 Å². The van der Waals surface area contributed by atoms with Crippen LogP contribution >= 0.6 is 22.9 Å². The van der Waals surface area contributed by atoms with Crippen LogP contribution in [0.25, 0.3) is 16.2 Å². The van der Waals surface area contributed by atoms with Crippen LogP contribution < -0.4 is 5.32 Å². The van der Waals surface area contributed by atoms with Crippen LogP contribution in [0.15, 0.2) is 66.4 Å². The van der Waals surface area contributed by atoms with Crippen molar-refractivity contribution in [2.75, 3.05) is 5.32 Å². The Bertz CT molecular complexity index is 1390. The van der Waals surface area contributed by atoms with Crippen LogP contribution in [0.2, 0.25) is 5.02 Å². The minimum atomic E-state index is -0.441. The fourth-order valence-electron chi connectivity index (χ4n) is 3.20. The number of thiophene rings is 1. The van der Waals surface area contributed by atoms with E-state index in [1.54, 1.807) is 40.2 Å². The summed E-state index contributed by atoms with van der Waals surface area (Å²) in [6.07, 6.45) is 4.63. The number of rotatable bonds is 5. The second kappa shape index (κ2) is 7.93. The average molecular weight is 453 g/mol. The van der Waals surface area contributed by atoms with Crippen LogP contribution in [0.5, 0.6) is 0 Å². The van der Waals surface area contributed by atoms with Gasteiger partial charge < -0.3 is 5.32 Å². The van der Waals surface area contributed by atoms with Gasteiger partial charge in [0.05, 0.1) is 23.3 Å².